The average Bonchev–Trinajstić information content (AvgIpc) is 1.38. The van der Waals surface area contributed by atoms with Crippen LogP contribution in [0.25, 0.3) is 258 Å². The number of aromatic nitrogens is 3. The van der Waals surface area contributed by atoms with E-state index in [-0.39, 0.29) is 16.9 Å². The molecule has 8 aromatic heterocycles. The molecule has 20 aromatic carbocycles. The summed E-state index contributed by atoms with van der Waals surface area (Å²) in [6.45, 7) is 0. The lowest BCUT2D eigenvalue weighted by molar-refractivity contribution is 0.569. The fraction of sp³-hybridized carbons (Fsp3) is 0. The van der Waals surface area contributed by atoms with Crippen LogP contribution in [0.2, 0.25) is 0 Å². The minimum absolute atomic E-state index is 0.308. The summed E-state index contributed by atoms with van der Waals surface area (Å²) < 4.78 is 37.2. The van der Waals surface area contributed by atoms with Gasteiger partial charge in [-0.15, -0.1) is 0 Å². The molecule has 0 amide bonds. The van der Waals surface area contributed by atoms with E-state index in [4.69, 9.17) is 22.1 Å². The Morgan fingerprint density at radius 1 is 0.149 bits per heavy atom. The quantitative estimate of drug-likeness (QED) is 0.103. The monoisotopic (exact) mass is 1720 g/mol. The maximum absolute atomic E-state index is 13.9. The van der Waals surface area contributed by atoms with Gasteiger partial charge in [-0.2, -0.15) is 0 Å². The van der Waals surface area contributed by atoms with Crippen LogP contribution in [0.5, 0.6) is 0 Å². The van der Waals surface area contributed by atoms with Crippen molar-refractivity contribution in [2.75, 3.05) is 0 Å². The summed E-state index contributed by atoms with van der Waals surface area (Å²) in [5.74, 6) is 0. The summed E-state index contributed by atoms with van der Waals surface area (Å²) in [4.78, 5) is 40.3. The number of fused-ring (bicyclic) bond motifs is 24. The number of hydrogen-bond acceptors (Lipinski definition) is 8. The maximum atomic E-state index is 13.9. The third kappa shape index (κ3) is 12.5. The molecule has 0 aliphatic carbocycles. The molecule has 0 bridgehead atoms. The molecule has 0 aliphatic rings. The van der Waals surface area contributed by atoms with Crippen molar-refractivity contribution in [3.05, 3.63) is 474 Å². The number of furan rings is 2. The Morgan fingerprint density at radius 2 is 0.493 bits per heavy atom. The molecule has 0 saturated heterocycles. The van der Waals surface area contributed by atoms with Crippen LogP contribution in [0.3, 0.4) is 0 Å². The summed E-state index contributed by atoms with van der Waals surface area (Å²) in [7, 11) is 0. The minimum Gasteiger partial charge on any atom is -0.456 e. The van der Waals surface area contributed by atoms with Crippen LogP contribution < -0.4 is 16.9 Å². The van der Waals surface area contributed by atoms with E-state index in [0.717, 1.165) is 193 Å². The zero-order valence-electron chi connectivity index (χ0n) is 71.8. The van der Waals surface area contributed by atoms with E-state index in [9.17, 15) is 14.4 Å². The Morgan fingerprint density at radius 3 is 1.10 bits per heavy atom. The minimum atomic E-state index is -0.352. The second kappa shape index (κ2) is 31.1. The van der Waals surface area contributed by atoms with Crippen LogP contribution in [0.15, 0.2) is 479 Å². The first-order chi connectivity index (χ1) is 66.2. The van der Waals surface area contributed by atoms with Crippen LogP contribution >= 0.6 is 0 Å². The van der Waals surface area contributed by atoms with E-state index in [1.165, 1.54) is 32.7 Å². The molecule has 0 fully saturated rings. The molecule has 0 N–H and O–H groups in total. The highest BCUT2D eigenvalue weighted by molar-refractivity contribution is 6.20. The first kappa shape index (κ1) is 77.0. The maximum Gasteiger partial charge on any atom is 0.344 e. The van der Waals surface area contributed by atoms with E-state index in [2.05, 4.69) is 299 Å². The molecule has 11 nitrogen and oxygen atoms in total. The summed E-state index contributed by atoms with van der Waals surface area (Å²) in [5, 5.41) is 18.4. The van der Waals surface area contributed by atoms with Crippen molar-refractivity contribution in [3.63, 3.8) is 0 Å². The Hall–Kier alpha value is -18.2. The molecular formula is C123H73N3O8. The molecule has 0 atom stereocenters. The van der Waals surface area contributed by atoms with E-state index >= 15 is 0 Å². The largest absolute Gasteiger partial charge is 0.456 e. The molecule has 8 heterocycles. The second-order valence-corrected chi connectivity index (χ2v) is 34.2. The topological polar surface area (TPSA) is 132 Å². The van der Waals surface area contributed by atoms with Crippen molar-refractivity contribution in [2.45, 2.75) is 0 Å². The van der Waals surface area contributed by atoms with Gasteiger partial charge in [0.1, 0.15) is 39.1 Å². The van der Waals surface area contributed by atoms with Crippen LogP contribution in [-0.2, 0) is 0 Å². The Kier molecular flexibility index (Phi) is 17.8. The molecule has 0 spiro atoms. The summed E-state index contributed by atoms with van der Waals surface area (Å²) in [5.41, 5.74) is 26.3. The van der Waals surface area contributed by atoms with Gasteiger partial charge in [0.2, 0.25) is 0 Å². The van der Waals surface area contributed by atoms with Gasteiger partial charge < -0.3 is 35.8 Å². The van der Waals surface area contributed by atoms with Gasteiger partial charge in [0.25, 0.3) is 0 Å². The van der Waals surface area contributed by atoms with Crippen LogP contribution in [0, 0.1) is 0 Å². The van der Waals surface area contributed by atoms with Crippen molar-refractivity contribution in [1.29, 1.82) is 0 Å². The van der Waals surface area contributed by atoms with Gasteiger partial charge in [-0.1, -0.05) is 297 Å². The first-order valence-corrected chi connectivity index (χ1v) is 44.8. The van der Waals surface area contributed by atoms with Gasteiger partial charge in [0.15, 0.2) is 0 Å². The zero-order valence-corrected chi connectivity index (χ0v) is 71.8. The second-order valence-electron chi connectivity index (χ2n) is 34.2. The number of benzene rings is 20. The van der Waals surface area contributed by atoms with Crippen molar-refractivity contribution >= 4 is 175 Å². The van der Waals surface area contributed by atoms with Crippen LogP contribution in [0.4, 0.5) is 0 Å². The fourth-order valence-corrected chi connectivity index (χ4v) is 20.7. The Balaban J connectivity index is 0.000000107. The summed E-state index contributed by atoms with van der Waals surface area (Å²) in [6, 6.07) is 152. The van der Waals surface area contributed by atoms with Gasteiger partial charge in [0.05, 0.1) is 49.3 Å². The average molecular weight is 1720 g/mol. The van der Waals surface area contributed by atoms with Crippen molar-refractivity contribution in [1.82, 2.24) is 13.7 Å². The lowest BCUT2D eigenvalue weighted by Crippen LogP contribution is -2.02. The fourth-order valence-electron chi connectivity index (χ4n) is 20.7. The number of rotatable bonds is 9. The molecule has 0 aliphatic heterocycles. The molecule has 134 heavy (non-hydrogen) atoms. The first-order valence-electron chi connectivity index (χ1n) is 44.8. The molecule has 0 saturated carbocycles. The van der Waals surface area contributed by atoms with Crippen molar-refractivity contribution in [2.24, 2.45) is 0 Å². The van der Waals surface area contributed by atoms with Crippen LogP contribution in [-0.4, -0.2) is 13.7 Å². The van der Waals surface area contributed by atoms with Crippen molar-refractivity contribution < 1.29 is 22.1 Å². The van der Waals surface area contributed by atoms with E-state index in [0.29, 0.717) is 32.9 Å². The molecule has 0 unspecified atom stereocenters. The molecule has 628 valence electrons. The highest BCUT2D eigenvalue weighted by Gasteiger charge is 2.24. The number of hydrogen-bond donors (Lipinski definition) is 0. The smallest absolute Gasteiger partial charge is 0.344 e. The molecule has 0 radical (unpaired) electrons. The molecule has 28 rings (SSSR count). The van der Waals surface area contributed by atoms with Gasteiger partial charge in [-0.25, -0.2) is 14.4 Å². The highest BCUT2D eigenvalue weighted by atomic mass is 16.4. The van der Waals surface area contributed by atoms with Gasteiger partial charge in [-0.3, -0.25) is 0 Å². The van der Waals surface area contributed by atoms with Gasteiger partial charge in [-0.05, 0) is 218 Å². The number of para-hydroxylation sites is 8. The third-order valence-electron chi connectivity index (χ3n) is 26.7. The predicted molar refractivity (Wildman–Crippen MR) is 550 cm³/mol. The van der Waals surface area contributed by atoms with Crippen molar-refractivity contribution in [3.8, 4) is 83.8 Å². The van der Waals surface area contributed by atoms with E-state index in [1.807, 2.05) is 158 Å². The molecular weight excluding hydrogens is 1650 g/mol. The standard InChI is InChI=1S/C49H29NO3.C43H25NO3.C31H19NO2/c51-49-42-28-32(20-23-37(42)39-24-21-34(29-47(39)53-49)36-16-9-19-46-48(36)40-15-5-7-18-45(40)52-46)33-22-25-44-41(27-33)38-14-4-6-17-43(38)50(44)35-13-8-12-31(26-35)30-10-2-1-3-11-30;45-43-42-30(26-20-22-32-31-12-4-6-17-36(31)44(37(32)24-26)28-10-2-1-3-11-28)14-8-16-34(42)33-23-21-27(25-40(33)47-43)29-15-9-19-39-41(29)35-13-5-7-18-38(35)46-39;33-31-26-13-5-4-11-23(26)25-15-8-14-22(30(25)34-31)20-17-18-29-27(19-20)24-12-6-7-16-28(24)32(29)21-9-2-1-3-10-21/h1-29H;1-25H;1-19H. The predicted octanol–water partition coefficient (Wildman–Crippen LogP) is 31.9. The zero-order chi connectivity index (χ0) is 88.8. The normalized spacial score (nSPS) is 11.8. The SMILES string of the molecule is O=c1oc2c(-c3ccc4c(c3)c3ccccc3n4-c3ccccc3)cccc2c2ccccc12.O=c1oc2cc(-c3cccc4oc5ccccc5c34)ccc2c2ccc(-c3ccc4c(c3)c3ccccc3n4-c3cccc(-c4ccccc4)c3)cc12.O=c1oc2cc(-c3cccc4oc5ccccc5c34)ccc2c2cccc(-c3ccc4c5ccccc5n(-c5ccccc5)c4c3)c12. The lowest BCUT2D eigenvalue weighted by atomic mass is 9.95. The van der Waals surface area contributed by atoms with Gasteiger partial charge in [0, 0.05) is 98.0 Å². The molecule has 11 heteroatoms. The third-order valence-corrected chi connectivity index (χ3v) is 26.7. The highest BCUT2D eigenvalue weighted by Crippen LogP contribution is 2.46. The number of nitrogens with zero attached hydrogens (tertiary/aromatic N) is 3. The molecule has 28 aromatic rings. The van der Waals surface area contributed by atoms with E-state index < -0.39 is 0 Å². The summed E-state index contributed by atoms with van der Waals surface area (Å²) in [6.07, 6.45) is 0. The summed E-state index contributed by atoms with van der Waals surface area (Å²) >= 11 is 0. The van der Waals surface area contributed by atoms with Gasteiger partial charge >= 0.3 is 16.9 Å². The lowest BCUT2D eigenvalue weighted by Gasteiger charge is -2.11. The van der Waals surface area contributed by atoms with Crippen LogP contribution in [0.1, 0.15) is 0 Å². The van der Waals surface area contributed by atoms with E-state index in [1.54, 1.807) is 0 Å². The Labute approximate surface area is 763 Å². The Bertz CT molecular complexity index is 9940.